The molecule has 0 unspecified atom stereocenters. The largest absolute Gasteiger partial charge is 0.416 e. The SMILES string of the molecule is CCC(=O)c1cc(C(F)(F)F)cc(C(F)(F)F)c1. The molecular weight excluding hydrogens is 262 g/mol. The Kier molecular flexibility index (Phi) is 3.73. The molecule has 0 saturated carbocycles. The van der Waals surface area contributed by atoms with Gasteiger partial charge in [-0.15, -0.1) is 0 Å². The van der Waals surface area contributed by atoms with Gasteiger partial charge in [-0.1, -0.05) is 6.92 Å². The molecule has 7 heteroatoms. The van der Waals surface area contributed by atoms with Crippen molar-refractivity contribution in [2.45, 2.75) is 25.7 Å². The molecule has 1 aromatic carbocycles. The first-order chi connectivity index (χ1) is 8.05. The summed E-state index contributed by atoms with van der Waals surface area (Å²) in [5.74, 6) is -0.772. The maximum absolute atomic E-state index is 12.4. The van der Waals surface area contributed by atoms with E-state index in [4.69, 9.17) is 0 Å². The highest BCUT2D eigenvalue weighted by Gasteiger charge is 2.37. The van der Waals surface area contributed by atoms with E-state index in [2.05, 4.69) is 0 Å². The second-order valence-electron chi connectivity index (χ2n) is 3.57. The van der Waals surface area contributed by atoms with E-state index in [0.717, 1.165) is 0 Å². The summed E-state index contributed by atoms with van der Waals surface area (Å²) in [5.41, 5.74) is -3.54. The molecule has 18 heavy (non-hydrogen) atoms. The topological polar surface area (TPSA) is 17.1 Å². The Labute approximate surface area is 98.4 Å². The van der Waals surface area contributed by atoms with Crippen molar-refractivity contribution in [1.82, 2.24) is 0 Å². The molecule has 0 aliphatic carbocycles. The van der Waals surface area contributed by atoms with Crippen LogP contribution in [0.1, 0.15) is 34.8 Å². The number of benzene rings is 1. The molecule has 0 amide bonds. The van der Waals surface area contributed by atoms with E-state index in [0.29, 0.717) is 12.1 Å². The molecule has 0 saturated heterocycles. The van der Waals surface area contributed by atoms with E-state index in [1.807, 2.05) is 0 Å². The monoisotopic (exact) mass is 270 g/mol. The molecular formula is C11H8F6O. The second kappa shape index (κ2) is 4.62. The predicted molar refractivity (Wildman–Crippen MR) is 51.1 cm³/mol. The summed E-state index contributed by atoms with van der Waals surface area (Å²) in [6.07, 6.45) is -10.0. The standard InChI is InChI=1S/C11H8F6O/c1-2-9(18)6-3-7(10(12,13)14)5-8(4-6)11(15,16)17/h3-5H,2H2,1H3. The van der Waals surface area contributed by atoms with Crippen LogP contribution in [0.5, 0.6) is 0 Å². The van der Waals surface area contributed by atoms with Crippen molar-refractivity contribution in [3.63, 3.8) is 0 Å². The third kappa shape index (κ3) is 3.24. The van der Waals surface area contributed by atoms with Gasteiger partial charge in [0.2, 0.25) is 0 Å². The van der Waals surface area contributed by atoms with Crippen molar-refractivity contribution in [2.24, 2.45) is 0 Å². The van der Waals surface area contributed by atoms with Crippen LogP contribution in [0.4, 0.5) is 26.3 Å². The van der Waals surface area contributed by atoms with Gasteiger partial charge in [-0.05, 0) is 18.2 Å². The Morgan fingerprint density at radius 3 is 1.61 bits per heavy atom. The van der Waals surface area contributed by atoms with Crippen LogP contribution in [0.25, 0.3) is 0 Å². The molecule has 0 heterocycles. The van der Waals surface area contributed by atoms with E-state index >= 15 is 0 Å². The smallest absolute Gasteiger partial charge is 0.294 e. The number of rotatable bonds is 2. The lowest BCUT2D eigenvalue weighted by Crippen LogP contribution is -2.13. The molecule has 1 rings (SSSR count). The Morgan fingerprint density at radius 2 is 1.33 bits per heavy atom. The van der Waals surface area contributed by atoms with Crippen LogP contribution in [-0.4, -0.2) is 5.78 Å². The lowest BCUT2D eigenvalue weighted by molar-refractivity contribution is -0.143. The first kappa shape index (κ1) is 14.5. The third-order valence-electron chi connectivity index (χ3n) is 2.23. The lowest BCUT2D eigenvalue weighted by Gasteiger charge is -2.13. The summed E-state index contributed by atoms with van der Waals surface area (Å²) in [7, 11) is 0. The first-order valence-electron chi connectivity index (χ1n) is 4.88. The van der Waals surface area contributed by atoms with Crippen LogP contribution < -0.4 is 0 Å². The van der Waals surface area contributed by atoms with Crippen molar-refractivity contribution < 1.29 is 31.1 Å². The van der Waals surface area contributed by atoms with Crippen molar-refractivity contribution in [3.05, 3.63) is 34.9 Å². The van der Waals surface area contributed by atoms with Crippen LogP contribution in [0.15, 0.2) is 18.2 Å². The Hall–Kier alpha value is -1.53. The van der Waals surface area contributed by atoms with Crippen molar-refractivity contribution in [2.75, 3.05) is 0 Å². The lowest BCUT2D eigenvalue weighted by atomic mass is 10.0. The van der Waals surface area contributed by atoms with Gasteiger partial charge in [0.1, 0.15) is 0 Å². The van der Waals surface area contributed by atoms with Gasteiger partial charge >= 0.3 is 12.4 Å². The maximum Gasteiger partial charge on any atom is 0.416 e. The summed E-state index contributed by atoms with van der Waals surface area (Å²) >= 11 is 0. The predicted octanol–water partition coefficient (Wildman–Crippen LogP) is 4.32. The normalized spacial score (nSPS) is 12.6. The van der Waals surface area contributed by atoms with Crippen molar-refractivity contribution in [3.8, 4) is 0 Å². The number of carbonyl (C=O) groups is 1. The van der Waals surface area contributed by atoms with E-state index in [9.17, 15) is 31.1 Å². The minimum Gasteiger partial charge on any atom is -0.294 e. The number of halogens is 6. The van der Waals surface area contributed by atoms with Crippen LogP contribution in [0.3, 0.4) is 0 Å². The number of alkyl halides is 6. The molecule has 0 spiro atoms. The number of ketones is 1. The minimum atomic E-state index is -4.93. The zero-order valence-corrected chi connectivity index (χ0v) is 9.12. The highest BCUT2D eigenvalue weighted by molar-refractivity contribution is 5.96. The number of hydrogen-bond donors (Lipinski definition) is 0. The molecule has 0 aliphatic heterocycles. The Bertz CT molecular complexity index is 425. The van der Waals surface area contributed by atoms with E-state index in [1.165, 1.54) is 6.92 Å². The van der Waals surface area contributed by atoms with Gasteiger partial charge < -0.3 is 0 Å². The average Bonchev–Trinajstić information content (AvgIpc) is 2.25. The van der Waals surface area contributed by atoms with Crippen LogP contribution in [0.2, 0.25) is 0 Å². The molecule has 0 aliphatic rings. The van der Waals surface area contributed by atoms with E-state index in [1.54, 1.807) is 0 Å². The summed E-state index contributed by atoms with van der Waals surface area (Å²) in [5, 5.41) is 0. The van der Waals surface area contributed by atoms with E-state index in [-0.39, 0.29) is 12.5 Å². The average molecular weight is 270 g/mol. The summed E-state index contributed by atoms with van der Waals surface area (Å²) < 4.78 is 74.5. The zero-order chi connectivity index (χ0) is 14.1. The summed E-state index contributed by atoms with van der Waals surface area (Å²) in [6.45, 7) is 1.36. The maximum atomic E-state index is 12.4. The molecule has 0 N–H and O–H groups in total. The van der Waals surface area contributed by atoms with Crippen molar-refractivity contribution in [1.29, 1.82) is 0 Å². The van der Waals surface area contributed by atoms with E-state index < -0.39 is 34.8 Å². The fourth-order valence-corrected chi connectivity index (χ4v) is 1.32. The summed E-state index contributed by atoms with van der Waals surface area (Å²) in [6, 6.07) is 0.856. The quantitative estimate of drug-likeness (QED) is 0.578. The third-order valence-corrected chi connectivity index (χ3v) is 2.23. The molecule has 0 radical (unpaired) electrons. The van der Waals surface area contributed by atoms with Crippen molar-refractivity contribution >= 4 is 5.78 Å². The molecule has 0 aromatic heterocycles. The Balaban J connectivity index is 3.44. The molecule has 0 fully saturated rings. The van der Waals surface area contributed by atoms with Gasteiger partial charge in [-0.25, -0.2) is 0 Å². The number of hydrogen-bond acceptors (Lipinski definition) is 1. The van der Waals surface area contributed by atoms with Crippen LogP contribution in [-0.2, 0) is 12.4 Å². The highest BCUT2D eigenvalue weighted by Crippen LogP contribution is 2.36. The molecule has 1 nitrogen and oxygen atoms in total. The fourth-order valence-electron chi connectivity index (χ4n) is 1.32. The van der Waals surface area contributed by atoms with Crippen LogP contribution in [0, 0.1) is 0 Å². The first-order valence-corrected chi connectivity index (χ1v) is 4.88. The minimum absolute atomic E-state index is 0.00750. The van der Waals surface area contributed by atoms with Gasteiger partial charge in [0.05, 0.1) is 11.1 Å². The van der Waals surface area contributed by atoms with Crippen LogP contribution >= 0.6 is 0 Å². The fraction of sp³-hybridized carbons (Fsp3) is 0.364. The Morgan fingerprint density at radius 1 is 0.944 bits per heavy atom. The highest BCUT2D eigenvalue weighted by atomic mass is 19.4. The van der Waals surface area contributed by atoms with Gasteiger partial charge in [0.15, 0.2) is 5.78 Å². The number of carbonyl (C=O) groups excluding carboxylic acids is 1. The molecule has 0 bridgehead atoms. The van der Waals surface area contributed by atoms with Gasteiger partial charge in [0, 0.05) is 12.0 Å². The van der Waals surface area contributed by atoms with Gasteiger partial charge in [-0.2, -0.15) is 26.3 Å². The number of Topliss-reactive ketones (excluding diaryl/α,β-unsaturated/α-hetero) is 1. The zero-order valence-electron chi connectivity index (χ0n) is 9.12. The molecule has 100 valence electrons. The van der Waals surface area contributed by atoms with Gasteiger partial charge in [0.25, 0.3) is 0 Å². The molecule has 0 atom stereocenters. The molecule has 1 aromatic rings. The second-order valence-corrected chi connectivity index (χ2v) is 3.57. The van der Waals surface area contributed by atoms with Gasteiger partial charge in [-0.3, -0.25) is 4.79 Å². The summed E-state index contributed by atoms with van der Waals surface area (Å²) in [4.78, 5) is 11.2.